The highest BCUT2D eigenvalue weighted by molar-refractivity contribution is 7.20. The number of fused-ring (bicyclic) bond motifs is 1. The second-order valence-corrected chi connectivity index (χ2v) is 6.93. The van der Waals surface area contributed by atoms with Gasteiger partial charge in [0.2, 0.25) is 0 Å². The molecular formula is C19H17N3O3S. The average molecular weight is 367 g/mol. The summed E-state index contributed by atoms with van der Waals surface area (Å²) >= 11 is 1.38. The molecule has 1 atom stereocenters. The van der Waals surface area contributed by atoms with E-state index in [0.29, 0.717) is 10.6 Å². The minimum absolute atomic E-state index is 0.0877. The Labute approximate surface area is 153 Å². The van der Waals surface area contributed by atoms with Gasteiger partial charge in [-0.1, -0.05) is 18.2 Å². The zero-order valence-electron chi connectivity index (χ0n) is 14.0. The summed E-state index contributed by atoms with van der Waals surface area (Å²) in [6.07, 6.45) is 0.620. The first-order valence-corrected chi connectivity index (χ1v) is 8.99. The van der Waals surface area contributed by atoms with Gasteiger partial charge >= 0.3 is 0 Å². The maximum Gasteiger partial charge on any atom is 0.261 e. The molecule has 1 unspecified atom stereocenters. The number of rotatable bonds is 5. The first-order valence-electron chi connectivity index (χ1n) is 8.18. The molecule has 1 amide bonds. The van der Waals surface area contributed by atoms with E-state index >= 15 is 0 Å². The minimum Gasteiger partial charge on any atom is -0.467 e. The van der Waals surface area contributed by atoms with Gasteiger partial charge in [-0.15, -0.1) is 11.3 Å². The summed E-state index contributed by atoms with van der Waals surface area (Å²) in [5.41, 5.74) is 1.82. The molecule has 0 saturated carbocycles. The molecule has 3 heterocycles. The Morgan fingerprint density at radius 2 is 2.12 bits per heavy atom. The van der Waals surface area contributed by atoms with Gasteiger partial charge in [0, 0.05) is 5.39 Å². The van der Waals surface area contributed by atoms with E-state index < -0.39 is 6.10 Å². The number of amides is 1. The van der Waals surface area contributed by atoms with Crippen molar-refractivity contribution in [1.82, 2.24) is 15.1 Å². The number of aliphatic hydroxyl groups excluding tert-OH is 1. The molecule has 7 heteroatoms. The largest absolute Gasteiger partial charge is 0.467 e. The van der Waals surface area contributed by atoms with E-state index in [0.717, 1.165) is 21.6 Å². The lowest BCUT2D eigenvalue weighted by Crippen LogP contribution is -2.27. The summed E-state index contributed by atoms with van der Waals surface area (Å²) < 4.78 is 6.99. The molecule has 0 bridgehead atoms. The van der Waals surface area contributed by atoms with Crippen molar-refractivity contribution in [3.63, 3.8) is 0 Å². The van der Waals surface area contributed by atoms with Crippen LogP contribution in [-0.4, -0.2) is 27.3 Å². The maximum atomic E-state index is 12.5. The lowest BCUT2D eigenvalue weighted by molar-refractivity contribution is 0.0905. The Morgan fingerprint density at radius 3 is 2.85 bits per heavy atom. The topological polar surface area (TPSA) is 80.3 Å². The fourth-order valence-electron chi connectivity index (χ4n) is 2.76. The van der Waals surface area contributed by atoms with Crippen LogP contribution in [0.15, 0.2) is 59.2 Å². The monoisotopic (exact) mass is 367 g/mol. The summed E-state index contributed by atoms with van der Waals surface area (Å²) in [4.78, 5) is 14.0. The number of aliphatic hydroxyl groups is 1. The maximum absolute atomic E-state index is 12.5. The molecule has 0 fully saturated rings. The predicted octanol–water partition coefficient (Wildman–Crippen LogP) is 3.45. The number of nitrogens with zero attached hydrogens (tertiary/aromatic N) is 2. The summed E-state index contributed by atoms with van der Waals surface area (Å²) in [5.74, 6) is 0.202. The Balaban J connectivity index is 1.56. The number of nitrogens with one attached hydrogen (secondary N) is 1. The molecule has 1 aromatic carbocycles. The standard InChI is InChI=1S/C19H17N3O3S/c1-12-14-10-17(18(24)20-11-15(23)16-8-5-9-25-16)26-19(14)22(21-12)13-6-3-2-4-7-13/h2-10,15,23H,11H2,1H3,(H,20,24). The Morgan fingerprint density at radius 1 is 1.31 bits per heavy atom. The lowest BCUT2D eigenvalue weighted by Gasteiger charge is -2.08. The van der Waals surface area contributed by atoms with Gasteiger partial charge in [0.15, 0.2) is 0 Å². The van der Waals surface area contributed by atoms with E-state index in [1.165, 1.54) is 17.6 Å². The summed E-state index contributed by atoms with van der Waals surface area (Å²) in [7, 11) is 0. The molecule has 0 spiro atoms. The second-order valence-electron chi connectivity index (χ2n) is 5.90. The lowest BCUT2D eigenvalue weighted by atomic mass is 10.2. The van der Waals surface area contributed by atoms with Crippen molar-refractivity contribution in [3.8, 4) is 5.69 Å². The zero-order chi connectivity index (χ0) is 18.1. The van der Waals surface area contributed by atoms with E-state index in [2.05, 4.69) is 10.4 Å². The number of carbonyl (C=O) groups is 1. The molecule has 0 aliphatic carbocycles. The minimum atomic E-state index is -0.870. The highest BCUT2D eigenvalue weighted by atomic mass is 32.1. The fraction of sp³-hybridized carbons (Fsp3) is 0.158. The van der Waals surface area contributed by atoms with Crippen LogP contribution in [0.4, 0.5) is 0 Å². The van der Waals surface area contributed by atoms with Crippen molar-refractivity contribution >= 4 is 27.5 Å². The van der Waals surface area contributed by atoms with Crippen molar-refractivity contribution in [1.29, 1.82) is 0 Å². The van der Waals surface area contributed by atoms with Crippen LogP contribution in [0, 0.1) is 6.92 Å². The SMILES string of the molecule is Cc1nn(-c2ccccc2)c2sc(C(=O)NCC(O)c3ccco3)cc12. The molecule has 26 heavy (non-hydrogen) atoms. The third kappa shape index (κ3) is 3.02. The average Bonchev–Trinajstić information content (AvgIpc) is 3.38. The molecule has 0 aliphatic heterocycles. The van der Waals surface area contributed by atoms with Gasteiger partial charge in [-0.25, -0.2) is 4.68 Å². The first kappa shape index (κ1) is 16.6. The third-order valence-electron chi connectivity index (χ3n) is 4.10. The van der Waals surface area contributed by atoms with Crippen molar-refractivity contribution in [2.45, 2.75) is 13.0 Å². The number of aromatic nitrogens is 2. The first-order chi connectivity index (χ1) is 12.6. The number of thiophene rings is 1. The van der Waals surface area contributed by atoms with Crippen molar-refractivity contribution in [2.24, 2.45) is 0 Å². The third-order valence-corrected chi connectivity index (χ3v) is 5.21. The zero-order valence-corrected chi connectivity index (χ0v) is 14.9. The van der Waals surface area contributed by atoms with Gasteiger partial charge < -0.3 is 14.8 Å². The number of benzene rings is 1. The van der Waals surface area contributed by atoms with E-state index in [-0.39, 0.29) is 12.5 Å². The van der Waals surface area contributed by atoms with Gasteiger partial charge in [-0.05, 0) is 37.3 Å². The van der Waals surface area contributed by atoms with Crippen LogP contribution in [0.2, 0.25) is 0 Å². The van der Waals surface area contributed by atoms with Gasteiger partial charge in [0.1, 0.15) is 16.7 Å². The van der Waals surface area contributed by atoms with Crippen molar-refractivity contribution < 1.29 is 14.3 Å². The summed E-state index contributed by atoms with van der Waals surface area (Å²) in [5, 5.41) is 18.3. The summed E-state index contributed by atoms with van der Waals surface area (Å²) in [6, 6.07) is 15.0. The van der Waals surface area contributed by atoms with E-state index in [1.54, 1.807) is 12.1 Å². The van der Waals surface area contributed by atoms with Crippen LogP contribution in [0.1, 0.15) is 27.2 Å². The Bertz CT molecular complexity index is 1040. The highest BCUT2D eigenvalue weighted by Crippen LogP contribution is 2.30. The predicted molar refractivity (Wildman–Crippen MR) is 99.7 cm³/mol. The molecule has 3 aromatic heterocycles. The van der Waals surface area contributed by atoms with Gasteiger partial charge in [0.05, 0.1) is 29.1 Å². The number of aryl methyl sites for hydroxylation is 1. The highest BCUT2D eigenvalue weighted by Gasteiger charge is 2.18. The van der Waals surface area contributed by atoms with Crippen LogP contribution >= 0.6 is 11.3 Å². The molecule has 4 aromatic rings. The summed E-state index contributed by atoms with van der Waals surface area (Å²) in [6.45, 7) is 2.02. The van der Waals surface area contributed by atoms with Crippen LogP contribution in [-0.2, 0) is 0 Å². The van der Waals surface area contributed by atoms with Crippen LogP contribution < -0.4 is 5.32 Å². The Hall–Kier alpha value is -2.90. The number of hydrogen-bond donors (Lipinski definition) is 2. The van der Waals surface area contributed by atoms with Gasteiger partial charge in [0.25, 0.3) is 5.91 Å². The quantitative estimate of drug-likeness (QED) is 0.566. The van der Waals surface area contributed by atoms with E-state index in [9.17, 15) is 9.90 Å². The molecule has 2 N–H and O–H groups in total. The van der Waals surface area contributed by atoms with E-state index in [1.807, 2.05) is 48.0 Å². The Kier molecular flexibility index (Phi) is 4.32. The van der Waals surface area contributed by atoms with Gasteiger partial charge in [-0.2, -0.15) is 5.10 Å². The molecule has 0 aliphatic rings. The van der Waals surface area contributed by atoms with Crippen LogP contribution in [0.3, 0.4) is 0 Å². The van der Waals surface area contributed by atoms with Gasteiger partial charge in [-0.3, -0.25) is 4.79 Å². The normalized spacial score (nSPS) is 12.4. The van der Waals surface area contributed by atoms with Crippen LogP contribution in [0.25, 0.3) is 15.9 Å². The van der Waals surface area contributed by atoms with Crippen LogP contribution in [0.5, 0.6) is 0 Å². The number of carbonyl (C=O) groups excluding carboxylic acids is 1. The molecular weight excluding hydrogens is 350 g/mol. The molecule has 0 saturated heterocycles. The number of para-hydroxylation sites is 1. The van der Waals surface area contributed by atoms with E-state index in [4.69, 9.17) is 4.42 Å². The number of furan rings is 1. The number of hydrogen-bond acceptors (Lipinski definition) is 5. The molecule has 4 rings (SSSR count). The van der Waals surface area contributed by atoms with Crippen molar-refractivity contribution in [2.75, 3.05) is 6.54 Å². The fourth-order valence-corrected chi connectivity index (χ4v) is 3.86. The molecule has 0 radical (unpaired) electrons. The smallest absolute Gasteiger partial charge is 0.261 e. The molecule has 6 nitrogen and oxygen atoms in total. The second kappa shape index (κ2) is 6.78. The molecule has 132 valence electrons. The van der Waals surface area contributed by atoms with Crippen molar-refractivity contribution in [3.05, 3.63) is 71.1 Å².